The van der Waals surface area contributed by atoms with Gasteiger partial charge in [0.15, 0.2) is 11.4 Å². The van der Waals surface area contributed by atoms with E-state index >= 15 is 0 Å². The van der Waals surface area contributed by atoms with Crippen LogP contribution >= 0.6 is 27.3 Å². The highest BCUT2D eigenvalue weighted by Crippen LogP contribution is 2.36. The normalized spacial score (nSPS) is 15.0. The number of ether oxygens (including phenoxy) is 3. The number of carbonyl (C=O) groups is 2. The predicted octanol–water partition coefficient (Wildman–Crippen LogP) is 3.81. The summed E-state index contributed by atoms with van der Waals surface area (Å²) < 4.78 is 18.8. The highest BCUT2D eigenvalue weighted by Gasteiger charge is 2.35. The molecule has 0 saturated heterocycles. The molecule has 1 aliphatic rings. The molecule has 3 aromatic rings. The van der Waals surface area contributed by atoms with Crippen molar-refractivity contribution in [3.05, 3.63) is 89.0 Å². The third kappa shape index (κ3) is 5.99. The second-order valence-corrected chi connectivity index (χ2v) is 10.4. The number of carbonyl (C=O) groups excluding carboxylic acids is 1. The average molecular weight is 616 g/mol. The van der Waals surface area contributed by atoms with E-state index in [1.54, 1.807) is 44.4 Å². The maximum Gasteiger partial charge on any atom is 0.341 e. The molecule has 0 spiro atoms. The van der Waals surface area contributed by atoms with Crippen LogP contribution < -0.4 is 24.4 Å². The van der Waals surface area contributed by atoms with E-state index in [1.807, 2.05) is 25.1 Å². The number of hydrogen-bond acceptors (Lipinski definition) is 8. The van der Waals surface area contributed by atoms with E-state index in [4.69, 9.17) is 24.3 Å². The van der Waals surface area contributed by atoms with Gasteiger partial charge in [-0.3, -0.25) is 9.36 Å². The molecule has 1 aliphatic heterocycles. The highest BCUT2D eigenvalue weighted by atomic mass is 79.9. The summed E-state index contributed by atoms with van der Waals surface area (Å²) in [6, 6.07) is 11.6. The van der Waals surface area contributed by atoms with Gasteiger partial charge in [0.2, 0.25) is 0 Å². The number of methoxy groups -OCH3 is 1. The van der Waals surface area contributed by atoms with Gasteiger partial charge in [0.05, 0.1) is 34.0 Å². The van der Waals surface area contributed by atoms with Crippen LogP contribution in [0.5, 0.6) is 11.5 Å². The Morgan fingerprint density at radius 2 is 1.95 bits per heavy atom. The summed E-state index contributed by atoms with van der Waals surface area (Å²) in [5, 5.41) is 8.87. The van der Waals surface area contributed by atoms with Crippen LogP contribution in [0.1, 0.15) is 43.9 Å². The molecule has 1 N–H and O–H groups in total. The van der Waals surface area contributed by atoms with Crippen LogP contribution in [0.15, 0.2) is 68.0 Å². The molecule has 0 unspecified atom stereocenters. The van der Waals surface area contributed by atoms with Gasteiger partial charge in [-0.1, -0.05) is 48.9 Å². The summed E-state index contributed by atoms with van der Waals surface area (Å²) in [5.41, 5.74) is 1.95. The summed E-state index contributed by atoms with van der Waals surface area (Å²) in [6.45, 7) is 3.45. The molecule has 4 rings (SSSR count). The van der Waals surface area contributed by atoms with Crippen LogP contribution in [0.4, 0.5) is 0 Å². The number of hydrogen-bond donors (Lipinski definition) is 1. The summed E-state index contributed by atoms with van der Waals surface area (Å²) in [6.07, 6.45) is 3.01. The molecule has 9 nitrogen and oxygen atoms in total. The zero-order valence-electron chi connectivity index (χ0n) is 21.6. The molecule has 0 radical (unpaired) electrons. The first kappa shape index (κ1) is 28.3. The largest absolute Gasteiger partial charge is 0.496 e. The van der Waals surface area contributed by atoms with Crippen molar-refractivity contribution in [3.63, 3.8) is 0 Å². The minimum absolute atomic E-state index is 0.186. The van der Waals surface area contributed by atoms with Crippen molar-refractivity contribution < 1.29 is 28.9 Å². The average Bonchev–Trinajstić information content (AvgIpc) is 3.21. The number of carboxylic acid groups (broad SMARTS) is 1. The molecule has 204 valence electrons. The van der Waals surface area contributed by atoms with Gasteiger partial charge in [0.25, 0.3) is 5.56 Å². The lowest BCUT2D eigenvalue weighted by Crippen LogP contribution is -2.40. The van der Waals surface area contributed by atoms with Gasteiger partial charge in [-0.2, -0.15) is 0 Å². The lowest BCUT2D eigenvalue weighted by Gasteiger charge is -2.26. The van der Waals surface area contributed by atoms with Gasteiger partial charge in [-0.15, -0.1) is 0 Å². The standard InChI is InChI=1S/C28H27BrN2O7S/c1-4-8-19-24(27(35)37-5-2)25(17-9-6-7-10-20(17)36-3)31-26(34)22(39-28(31)30-19)14-16-11-12-21(18(29)13-16)38-15-23(32)33/h6-7,9-14,25H,4-5,8,15H2,1-3H3,(H,32,33)/b22-14+/t25-/m1/s1. The maximum absolute atomic E-state index is 13.9. The van der Waals surface area contributed by atoms with E-state index in [9.17, 15) is 14.4 Å². The fourth-order valence-electron chi connectivity index (χ4n) is 4.32. The minimum Gasteiger partial charge on any atom is -0.496 e. The van der Waals surface area contributed by atoms with Crippen LogP contribution in [0.25, 0.3) is 6.08 Å². The molecular formula is C28H27BrN2O7S. The Balaban J connectivity index is 1.91. The highest BCUT2D eigenvalue weighted by molar-refractivity contribution is 9.10. The Kier molecular flexibility index (Phi) is 9.03. The van der Waals surface area contributed by atoms with Crippen LogP contribution in [0.3, 0.4) is 0 Å². The van der Waals surface area contributed by atoms with Crippen molar-refractivity contribution in [2.75, 3.05) is 20.3 Å². The summed E-state index contributed by atoms with van der Waals surface area (Å²) in [5.74, 6) is -0.690. The summed E-state index contributed by atoms with van der Waals surface area (Å²) >= 11 is 4.62. The molecule has 0 saturated carbocycles. The smallest absolute Gasteiger partial charge is 0.341 e. The Bertz CT molecular complexity index is 1620. The van der Waals surface area contributed by atoms with E-state index in [-0.39, 0.29) is 12.2 Å². The zero-order chi connectivity index (χ0) is 28.1. The van der Waals surface area contributed by atoms with Gasteiger partial charge in [-0.05, 0) is 59.1 Å². The van der Waals surface area contributed by atoms with Gasteiger partial charge < -0.3 is 19.3 Å². The maximum atomic E-state index is 13.9. The third-order valence-electron chi connectivity index (χ3n) is 5.93. The number of esters is 1. The van der Waals surface area contributed by atoms with Crippen molar-refractivity contribution in [1.29, 1.82) is 0 Å². The topological polar surface area (TPSA) is 116 Å². The molecule has 0 fully saturated rings. The van der Waals surface area contributed by atoms with Gasteiger partial charge in [0, 0.05) is 5.56 Å². The van der Waals surface area contributed by atoms with E-state index < -0.39 is 24.6 Å². The number of aliphatic carboxylic acids is 1. The van der Waals surface area contributed by atoms with Crippen LogP contribution in [-0.2, 0) is 14.3 Å². The van der Waals surface area contributed by atoms with Crippen molar-refractivity contribution in [1.82, 2.24) is 4.57 Å². The number of carboxylic acids is 1. The first-order valence-electron chi connectivity index (χ1n) is 12.3. The molecule has 0 bridgehead atoms. The Hall–Kier alpha value is -3.70. The Morgan fingerprint density at radius 3 is 2.62 bits per heavy atom. The molecule has 2 heterocycles. The molecule has 0 aliphatic carbocycles. The van der Waals surface area contributed by atoms with Crippen molar-refractivity contribution >= 4 is 45.3 Å². The fraction of sp³-hybridized carbons (Fsp3) is 0.286. The number of benzene rings is 2. The summed E-state index contributed by atoms with van der Waals surface area (Å²) in [4.78, 5) is 43.2. The fourth-order valence-corrected chi connectivity index (χ4v) is 5.85. The molecule has 1 atom stereocenters. The Labute approximate surface area is 236 Å². The first-order chi connectivity index (χ1) is 18.8. The number of aromatic nitrogens is 1. The molecule has 39 heavy (non-hydrogen) atoms. The predicted molar refractivity (Wildman–Crippen MR) is 150 cm³/mol. The SMILES string of the molecule is CCCC1=C(C(=O)OCC)[C@@H](c2ccccc2OC)n2c(s/c(=C/c3ccc(OCC(=O)O)c(Br)c3)c2=O)=N1. The molecular weight excluding hydrogens is 588 g/mol. The first-order valence-corrected chi connectivity index (χ1v) is 13.9. The summed E-state index contributed by atoms with van der Waals surface area (Å²) in [7, 11) is 1.55. The van der Waals surface area contributed by atoms with E-state index in [1.165, 1.54) is 15.9 Å². The second-order valence-electron chi connectivity index (χ2n) is 8.53. The quantitative estimate of drug-likeness (QED) is 0.345. The molecule has 11 heteroatoms. The van der Waals surface area contributed by atoms with E-state index in [0.29, 0.717) is 54.1 Å². The number of fused-ring (bicyclic) bond motifs is 1. The van der Waals surface area contributed by atoms with Gasteiger partial charge in [-0.25, -0.2) is 14.6 Å². The van der Waals surface area contributed by atoms with Crippen LogP contribution in [0, 0.1) is 0 Å². The number of halogens is 1. The number of thiazole rings is 1. The molecule has 2 aromatic carbocycles. The van der Waals surface area contributed by atoms with Crippen LogP contribution in [-0.4, -0.2) is 41.9 Å². The van der Waals surface area contributed by atoms with Crippen molar-refractivity contribution in [3.8, 4) is 11.5 Å². The monoisotopic (exact) mass is 614 g/mol. The molecule has 1 aromatic heterocycles. The number of rotatable bonds is 10. The van der Waals surface area contributed by atoms with E-state index in [2.05, 4.69) is 15.9 Å². The number of allylic oxidation sites excluding steroid dienone is 1. The van der Waals surface area contributed by atoms with E-state index in [0.717, 1.165) is 6.42 Å². The van der Waals surface area contributed by atoms with Crippen LogP contribution in [0.2, 0.25) is 0 Å². The van der Waals surface area contributed by atoms with Gasteiger partial charge in [0.1, 0.15) is 17.5 Å². The van der Waals surface area contributed by atoms with Crippen molar-refractivity contribution in [2.45, 2.75) is 32.7 Å². The number of nitrogens with zero attached hydrogens (tertiary/aromatic N) is 2. The minimum atomic E-state index is -1.08. The zero-order valence-corrected chi connectivity index (χ0v) is 24.0. The lowest BCUT2D eigenvalue weighted by atomic mass is 9.93. The van der Waals surface area contributed by atoms with Gasteiger partial charge >= 0.3 is 11.9 Å². The third-order valence-corrected chi connectivity index (χ3v) is 7.53. The Morgan fingerprint density at radius 1 is 1.18 bits per heavy atom. The van der Waals surface area contributed by atoms with Crippen molar-refractivity contribution in [2.24, 2.45) is 4.99 Å². The second kappa shape index (κ2) is 12.4. The number of para-hydroxylation sites is 1. The molecule has 0 amide bonds. The lowest BCUT2D eigenvalue weighted by molar-refractivity contribution is -0.140.